The molecule has 0 radical (unpaired) electrons. The molecule has 2 unspecified atom stereocenters. The van der Waals surface area contributed by atoms with E-state index in [1.54, 1.807) is 12.1 Å². The van der Waals surface area contributed by atoms with Crippen LogP contribution in [0.1, 0.15) is 25.7 Å². The molecule has 0 aromatic heterocycles. The summed E-state index contributed by atoms with van der Waals surface area (Å²) in [5, 5.41) is 9.89. The van der Waals surface area contributed by atoms with Gasteiger partial charge in [0.1, 0.15) is 10.6 Å². The van der Waals surface area contributed by atoms with Crippen LogP contribution >= 0.6 is 15.9 Å². The maximum Gasteiger partial charge on any atom is 0.244 e. The van der Waals surface area contributed by atoms with Crippen molar-refractivity contribution in [1.82, 2.24) is 4.72 Å². The van der Waals surface area contributed by atoms with Crippen molar-refractivity contribution < 1.29 is 18.3 Å². The second kappa shape index (κ2) is 6.43. The van der Waals surface area contributed by atoms with Crippen LogP contribution in [0.5, 0.6) is 5.75 Å². The summed E-state index contributed by atoms with van der Waals surface area (Å²) in [5.74, 6) is 0.283. The van der Waals surface area contributed by atoms with E-state index in [4.69, 9.17) is 4.74 Å². The summed E-state index contributed by atoms with van der Waals surface area (Å²) in [5.41, 5.74) is 0. The van der Waals surface area contributed by atoms with Gasteiger partial charge < -0.3 is 9.84 Å². The van der Waals surface area contributed by atoms with Crippen molar-refractivity contribution in [3.8, 4) is 5.75 Å². The van der Waals surface area contributed by atoms with Gasteiger partial charge in [-0.15, -0.1) is 0 Å². The van der Waals surface area contributed by atoms with E-state index in [9.17, 15) is 13.5 Å². The summed E-state index contributed by atoms with van der Waals surface area (Å²) >= 11 is 3.26. The fourth-order valence-corrected chi connectivity index (χ4v) is 4.38. The molecule has 20 heavy (non-hydrogen) atoms. The quantitative estimate of drug-likeness (QED) is 0.858. The Morgan fingerprint density at radius 2 is 2.05 bits per heavy atom. The molecular weight excluding hydrogens is 346 g/mol. The molecule has 2 N–H and O–H groups in total. The Morgan fingerprint density at radius 1 is 1.35 bits per heavy atom. The van der Waals surface area contributed by atoms with Gasteiger partial charge in [0.2, 0.25) is 10.0 Å². The van der Waals surface area contributed by atoms with Gasteiger partial charge in [-0.3, -0.25) is 0 Å². The van der Waals surface area contributed by atoms with E-state index in [2.05, 4.69) is 20.7 Å². The molecule has 112 valence electrons. The molecule has 0 saturated heterocycles. The van der Waals surface area contributed by atoms with Gasteiger partial charge in [-0.2, -0.15) is 0 Å². The van der Waals surface area contributed by atoms with Crippen LogP contribution in [0.25, 0.3) is 0 Å². The SMILES string of the molecule is COc1ccc(Br)cc1S(=O)(=O)NC1CCCCC1O. The molecule has 1 fully saturated rings. The van der Waals surface area contributed by atoms with Crippen LogP contribution in [0.4, 0.5) is 0 Å². The van der Waals surface area contributed by atoms with Crippen LogP contribution in [-0.4, -0.2) is 32.8 Å². The fraction of sp³-hybridized carbons (Fsp3) is 0.538. The lowest BCUT2D eigenvalue weighted by Crippen LogP contribution is -2.45. The highest BCUT2D eigenvalue weighted by molar-refractivity contribution is 9.10. The number of aliphatic hydroxyl groups excluding tert-OH is 1. The Kier molecular flexibility index (Phi) is 5.06. The van der Waals surface area contributed by atoms with E-state index in [1.807, 2.05) is 0 Å². The topological polar surface area (TPSA) is 75.6 Å². The highest BCUT2D eigenvalue weighted by Gasteiger charge is 2.29. The standard InChI is InChI=1S/C13H18BrNO4S/c1-19-12-7-6-9(14)8-13(12)20(17,18)15-10-4-2-3-5-11(10)16/h6-8,10-11,15-16H,2-5H2,1H3. The van der Waals surface area contributed by atoms with Crippen LogP contribution in [0.2, 0.25) is 0 Å². The molecule has 0 spiro atoms. The molecule has 1 saturated carbocycles. The lowest BCUT2D eigenvalue weighted by molar-refractivity contribution is 0.101. The third kappa shape index (κ3) is 3.52. The van der Waals surface area contributed by atoms with Gasteiger partial charge in [0, 0.05) is 10.5 Å². The predicted molar refractivity (Wildman–Crippen MR) is 79.3 cm³/mol. The number of hydrogen-bond donors (Lipinski definition) is 2. The van der Waals surface area contributed by atoms with Crippen molar-refractivity contribution in [3.63, 3.8) is 0 Å². The van der Waals surface area contributed by atoms with Gasteiger partial charge in [0.15, 0.2) is 0 Å². The Balaban J connectivity index is 2.28. The number of rotatable bonds is 4. The Morgan fingerprint density at radius 3 is 2.70 bits per heavy atom. The highest BCUT2D eigenvalue weighted by Crippen LogP contribution is 2.28. The monoisotopic (exact) mass is 363 g/mol. The minimum Gasteiger partial charge on any atom is -0.495 e. The van der Waals surface area contributed by atoms with Crippen LogP contribution < -0.4 is 9.46 Å². The number of methoxy groups -OCH3 is 1. The molecule has 0 aliphatic heterocycles. The zero-order valence-corrected chi connectivity index (χ0v) is 13.6. The van der Waals surface area contributed by atoms with Crippen molar-refractivity contribution >= 4 is 26.0 Å². The number of benzene rings is 1. The summed E-state index contributed by atoms with van der Waals surface area (Å²) in [6.07, 6.45) is 2.50. The van der Waals surface area contributed by atoms with Gasteiger partial charge in [-0.25, -0.2) is 13.1 Å². The smallest absolute Gasteiger partial charge is 0.244 e. The minimum absolute atomic E-state index is 0.0761. The number of sulfonamides is 1. The summed E-state index contributed by atoms with van der Waals surface area (Å²) in [6, 6.07) is 4.37. The number of halogens is 1. The molecule has 7 heteroatoms. The average molecular weight is 364 g/mol. The van der Waals surface area contributed by atoms with E-state index < -0.39 is 22.2 Å². The largest absolute Gasteiger partial charge is 0.495 e. The Bertz CT molecular complexity index is 576. The van der Waals surface area contributed by atoms with Gasteiger partial charge in [0.05, 0.1) is 13.2 Å². The fourth-order valence-electron chi connectivity index (χ4n) is 2.37. The predicted octanol–water partition coefficient (Wildman–Crippen LogP) is 2.04. The second-order valence-electron chi connectivity index (χ2n) is 4.87. The lowest BCUT2D eigenvalue weighted by Gasteiger charge is -2.28. The van der Waals surface area contributed by atoms with Crippen molar-refractivity contribution in [2.45, 2.75) is 42.7 Å². The third-order valence-electron chi connectivity index (χ3n) is 3.45. The maximum absolute atomic E-state index is 12.5. The van der Waals surface area contributed by atoms with Crippen LogP contribution in [0, 0.1) is 0 Å². The van der Waals surface area contributed by atoms with E-state index in [0.29, 0.717) is 17.3 Å². The Hall–Kier alpha value is -0.630. The van der Waals surface area contributed by atoms with Crippen LogP contribution in [0.3, 0.4) is 0 Å². The minimum atomic E-state index is -3.72. The van der Waals surface area contributed by atoms with Crippen molar-refractivity contribution in [2.24, 2.45) is 0 Å². The van der Waals surface area contributed by atoms with Crippen molar-refractivity contribution in [3.05, 3.63) is 22.7 Å². The lowest BCUT2D eigenvalue weighted by atomic mass is 9.93. The molecule has 5 nitrogen and oxygen atoms in total. The zero-order chi connectivity index (χ0) is 14.8. The molecular formula is C13H18BrNO4S. The first-order valence-corrected chi connectivity index (χ1v) is 8.75. The van der Waals surface area contributed by atoms with E-state index in [1.165, 1.54) is 13.2 Å². The molecule has 2 atom stereocenters. The van der Waals surface area contributed by atoms with Gasteiger partial charge in [-0.05, 0) is 31.0 Å². The first-order valence-electron chi connectivity index (χ1n) is 6.48. The van der Waals surface area contributed by atoms with E-state index in [0.717, 1.165) is 12.8 Å². The normalized spacial score (nSPS) is 23.6. The summed E-state index contributed by atoms with van der Waals surface area (Å²) in [7, 11) is -2.29. The molecule has 0 bridgehead atoms. The Labute approximate surface area is 127 Å². The first-order chi connectivity index (χ1) is 9.44. The third-order valence-corrected chi connectivity index (χ3v) is 5.46. The molecule has 2 rings (SSSR count). The first kappa shape index (κ1) is 15.8. The van der Waals surface area contributed by atoms with Crippen molar-refractivity contribution in [2.75, 3.05) is 7.11 Å². The van der Waals surface area contributed by atoms with E-state index in [-0.39, 0.29) is 10.6 Å². The molecule has 1 aliphatic rings. The summed E-state index contributed by atoms with van der Waals surface area (Å²) < 4.78 is 33.2. The average Bonchev–Trinajstić information content (AvgIpc) is 2.41. The van der Waals surface area contributed by atoms with Gasteiger partial charge in [0.25, 0.3) is 0 Å². The number of ether oxygens (including phenoxy) is 1. The van der Waals surface area contributed by atoms with Crippen molar-refractivity contribution in [1.29, 1.82) is 0 Å². The second-order valence-corrected chi connectivity index (χ2v) is 7.47. The number of hydrogen-bond acceptors (Lipinski definition) is 4. The van der Waals surface area contributed by atoms with Gasteiger partial charge >= 0.3 is 0 Å². The van der Waals surface area contributed by atoms with Crippen LogP contribution in [-0.2, 0) is 10.0 Å². The number of nitrogens with one attached hydrogen (secondary N) is 1. The summed E-state index contributed by atoms with van der Waals surface area (Å²) in [6.45, 7) is 0. The van der Waals surface area contributed by atoms with Gasteiger partial charge in [-0.1, -0.05) is 28.8 Å². The maximum atomic E-state index is 12.5. The summed E-state index contributed by atoms with van der Waals surface area (Å²) in [4.78, 5) is 0.0761. The number of aliphatic hydroxyl groups is 1. The highest BCUT2D eigenvalue weighted by atomic mass is 79.9. The van der Waals surface area contributed by atoms with E-state index >= 15 is 0 Å². The molecule has 1 aromatic carbocycles. The molecule has 1 aromatic rings. The molecule has 1 aliphatic carbocycles. The zero-order valence-electron chi connectivity index (χ0n) is 11.2. The van der Waals surface area contributed by atoms with Crippen LogP contribution in [0.15, 0.2) is 27.6 Å². The molecule has 0 amide bonds. The molecule has 0 heterocycles.